The lowest BCUT2D eigenvalue weighted by molar-refractivity contribution is -0.152. The van der Waals surface area contributed by atoms with Crippen molar-refractivity contribution in [3.05, 3.63) is 12.4 Å². The van der Waals surface area contributed by atoms with Crippen LogP contribution in [0, 0.1) is 0 Å². The molecule has 0 rings (SSSR count). The maximum absolute atomic E-state index is 11.4. The van der Waals surface area contributed by atoms with Gasteiger partial charge < -0.3 is 9.84 Å². The second-order valence-electron chi connectivity index (χ2n) is 1.87. The largest absolute Gasteiger partial charge is 0.464 e. The zero-order valence-corrected chi connectivity index (χ0v) is 6.29. The third-order valence-corrected chi connectivity index (χ3v) is 1.01. The van der Waals surface area contributed by atoms with E-state index in [1.165, 1.54) is 0 Å². The highest BCUT2D eigenvalue weighted by Gasteiger charge is 2.13. The summed E-state index contributed by atoms with van der Waals surface area (Å²) in [6.07, 6.45) is 0.0428. The fourth-order valence-corrected chi connectivity index (χ4v) is 0.515. The predicted octanol–water partition coefficient (Wildman–Crippen LogP) is 0.784. The summed E-state index contributed by atoms with van der Waals surface area (Å²) < 4.78 is 15.8. The summed E-state index contributed by atoms with van der Waals surface area (Å²) >= 11 is 0. The summed E-state index contributed by atoms with van der Waals surface area (Å²) in [5, 5.41) is 8.89. The van der Waals surface area contributed by atoms with Gasteiger partial charge in [-0.05, 0) is 6.92 Å². The van der Waals surface area contributed by atoms with Gasteiger partial charge in [-0.15, -0.1) is 0 Å². The van der Waals surface area contributed by atoms with Crippen molar-refractivity contribution in [1.82, 2.24) is 0 Å². The molecule has 0 unspecified atom stereocenters. The summed E-state index contributed by atoms with van der Waals surface area (Å²) in [6.45, 7) is 1.85. The molecule has 4 heteroatoms. The van der Waals surface area contributed by atoms with Crippen LogP contribution in [-0.2, 0) is 9.53 Å². The lowest BCUT2D eigenvalue weighted by Gasteiger charge is -2.05. The minimum absolute atomic E-state index is 0.0463. The highest BCUT2D eigenvalue weighted by molar-refractivity contribution is 5.74. The Morgan fingerprint density at radius 2 is 2.45 bits per heavy atom. The van der Waals surface area contributed by atoms with Gasteiger partial charge in [-0.3, -0.25) is 0 Å². The van der Waals surface area contributed by atoms with E-state index >= 15 is 0 Å². The highest BCUT2D eigenvalue weighted by atomic mass is 19.1. The number of hydrogen-bond acceptors (Lipinski definition) is 3. The molecule has 1 atom stereocenters. The molecule has 0 amide bonds. The smallest absolute Gasteiger partial charge is 0.335 e. The van der Waals surface area contributed by atoms with Crippen molar-refractivity contribution < 1.29 is 19.0 Å². The van der Waals surface area contributed by atoms with Gasteiger partial charge in [0.05, 0.1) is 12.9 Å². The van der Waals surface area contributed by atoms with Crippen molar-refractivity contribution in [2.75, 3.05) is 6.61 Å². The average Bonchev–Trinajstić information content (AvgIpc) is 2.00. The molecule has 0 aromatic heterocycles. The molecule has 0 fully saturated rings. The molecule has 0 saturated carbocycles. The fraction of sp³-hybridized carbons (Fsp3) is 0.571. The Hall–Kier alpha value is -0.900. The summed E-state index contributed by atoms with van der Waals surface area (Å²) in [7, 11) is 0. The minimum Gasteiger partial charge on any atom is -0.464 e. The predicted molar refractivity (Wildman–Crippen MR) is 37.5 cm³/mol. The molecular weight excluding hydrogens is 151 g/mol. The number of carbonyl (C=O) groups excluding carboxylic acids is 1. The lowest BCUT2D eigenvalue weighted by atomic mass is 10.2. The molecule has 0 aromatic rings. The third kappa shape index (κ3) is 4.50. The Morgan fingerprint density at radius 1 is 1.82 bits per heavy atom. The number of aliphatic hydroxyl groups is 1. The first-order valence-corrected chi connectivity index (χ1v) is 3.32. The third-order valence-electron chi connectivity index (χ3n) is 1.01. The molecule has 11 heavy (non-hydrogen) atoms. The van der Waals surface area contributed by atoms with Crippen molar-refractivity contribution in [2.45, 2.75) is 19.4 Å². The van der Waals surface area contributed by atoms with E-state index in [-0.39, 0.29) is 19.4 Å². The first-order chi connectivity index (χ1) is 5.22. The first kappa shape index (κ1) is 10.1. The Morgan fingerprint density at radius 3 is 2.91 bits per heavy atom. The molecule has 3 nitrogen and oxygen atoms in total. The molecule has 64 valence electrons. The van der Waals surface area contributed by atoms with E-state index in [1.54, 1.807) is 6.92 Å². The monoisotopic (exact) mass is 162 g/mol. The molecule has 1 N–H and O–H groups in total. The van der Waals surface area contributed by atoms with Gasteiger partial charge in [-0.2, -0.15) is 0 Å². The molecular formula is C7H11FO3. The van der Waals surface area contributed by atoms with Crippen LogP contribution >= 0.6 is 0 Å². The van der Waals surface area contributed by atoms with Crippen LogP contribution in [0.4, 0.5) is 4.39 Å². The Labute approximate surface area is 64.5 Å². The number of carbonyl (C=O) groups is 1. The van der Waals surface area contributed by atoms with Gasteiger partial charge in [-0.25, -0.2) is 9.18 Å². The number of aliphatic hydroxyl groups excluding tert-OH is 1. The molecule has 0 spiro atoms. The standard InChI is InChI=1S/C7H11FO3/c1-2-11-7(10)6(9)4-3-5-8/h3,5-6,9H,2,4H2,1H3/b5-3-/t6-/m1/s1. The highest BCUT2D eigenvalue weighted by Crippen LogP contribution is 1.96. The first-order valence-electron chi connectivity index (χ1n) is 3.32. The van der Waals surface area contributed by atoms with Crippen LogP contribution in [0.3, 0.4) is 0 Å². The van der Waals surface area contributed by atoms with Gasteiger partial charge in [0.2, 0.25) is 0 Å². The number of hydrogen-bond donors (Lipinski definition) is 1. The Balaban J connectivity index is 3.63. The summed E-state index contributed by atoms with van der Waals surface area (Å²) in [5.74, 6) is -0.717. The van der Waals surface area contributed by atoms with Crippen LogP contribution in [0.15, 0.2) is 12.4 Å². The van der Waals surface area contributed by atoms with E-state index in [0.717, 1.165) is 6.08 Å². The quantitative estimate of drug-likeness (QED) is 0.621. The second-order valence-corrected chi connectivity index (χ2v) is 1.87. The van der Waals surface area contributed by atoms with Gasteiger partial charge >= 0.3 is 5.97 Å². The maximum Gasteiger partial charge on any atom is 0.335 e. The SMILES string of the molecule is CCOC(=O)[C@H](O)C/C=C\F. The zero-order chi connectivity index (χ0) is 8.69. The number of halogens is 1. The fourth-order valence-electron chi connectivity index (χ4n) is 0.515. The van der Waals surface area contributed by atoms with Crippen molar-refractivity contribution in [3.63, 3.8) is 0 Å². The van der Waals surface area contributed by atoms with E-state index in [1.807, 2.05) is 0 Å². The average molecular weight is 162 g/mol. The van der Waals surface area contributed by atoms with E-state index in [0.29, 0.717) is 0 Å². The Kier molecular flexibility index (Phi) is 5.37. The van der Waals surface area contributed by atoms with Gasteiger partial charge in [0, 0.05) is 6.42 Å². The molecule has 0 saturated heterocycles. The minimum atomic E-state index is -1.25. The van der Waals surface area contributed by atoms with Gasteiger partial charge in [0.15, 0.2) is 6.10 Å². The topological polar surface area (TPSA) is 46.5 Å². The summed E-state index contributed by atoms with van der Waals surface area (Å²) in [6, 6.07) is 0. The molecule has 0 aromatic carbocycles. The maximum atomic E-state index is 11.4. The second kappa shape index (κ2) is 5.85. The Bertz CT molecular complexity index is 145. The normalized spacial score (nSPS) is 13.4. The van der Waals surface area contributed by atoms with Crippen molar-refractivity contribution in [3.8, 4) is 0 Å². The van der Waals surface area contributed by atoms with Crippen LogP contribution in [0.5, 0.6) is 0 Å². The lowest BCUT2D eigenvalue weighted by Crippen LogP contribution is -2.22. The van der Waals surface area contributed by atoms with Gasteiger partial charge in [-0.1, -0.05) is 6.08 Å². The van der Waals surface area contributed by atoms with Crippen LogP contribution < -0.4 is 0 Å². The molecule has 0 aliphatic rings. The number of rotatable bonds is 4. The van der Waals surface area contributed by atoms with E-state index in [4.69, 9.17) is 5.11 Å². The molecule has 0 aliphatic heterocycles. The van der Waals surface area contributed by atoms with Crippen LogP contribution in [0.1, 0.15) is 13.3 Å². The van der Waals surface area contributed by atoms with Crippen molar-refractivity contribution in [1.29, 1.82) is 0 Å². The molecule has 0 radical (unpaired) electrons. The van der Waals surface area contributed by atoms with Crippen LogP contribution in [0.2, 0.25) is 0 Å². The number of esters is 1. The van der Waals surface area contributed by atoms with Crippen molar-refractivity contribution in [2.24, 2.45) is 0 Å². The summed E-state index contributed by atoms with van der Waals surface area (Å²) in [5.41, 5.74) is 0. The van der Waals surface area contributed by atoms with Gasteiger partial charge in [0.1, 0.15) is 0 Å². The zero-order valence-electron chi connectivity index (χ0n) is 6.29. The summed E-state index contributed by atoms with van der Waals surface area (Å²) in [4.78, 5) is 10.6. The molecule has 0 heterocycles. The van der Waals surface area contributed by atoms with E-state index < -0.39 is 12.1 Å². The van der Waals surface area contributed by atoms with Crippen LogP contribution in [0.25, 0.3) is 0 Å². The molecule has 0 aliphatic carbocycles. The van der Waals surface area contributed by atoms with Gasteiger partial charge in [0.25, 0.3) is 0 Å². The molecule has 0 bridgehead atoms. The van der Waals surface area contributed by atoms with E-state index in [9.17, 15) is 9.18 Å². The van der Waals surface area contributed by atoms with Crippen LogP contribution in [-0.4, -0.2) is 23.8 Å². The van der Waals surface area contributed by atoms with E-state index in [2.05, 4.69) is 4.74 Å². The number of ether oxygens (including phenoxy) is 1. The van der Waals surface area contributed by atoms with Crippen molar-refractivity contribution >= 4 is 5.97 Å².